The van der Waals surface area contributed by atoms with E-state index in [9.17, 15) is 0 Å². The summed E-state index contributed by atoms with van der Waals surface area (Å²) in [5.41, 5.74) is 0.174. The van der Waals surface area contributed by atoms with Crippen LogP contribution in [0.25, 0.3) is 0 Å². The Morgan fingerprint density at radius 3 is 1.72 bits per heavy atom. The fraction of sp³-hybridized carbons (Fsp3) is 1.00. The predicted octanol–water partition coefficient (Wildman–Crippen LogP) is 7.31. The predicted molar refractivity (Wildman–Crippen MR) is 139 cm³/mol. The van der Waals surface area contributed by atoms with Crippen molar-refractivity contribution in [2.24, 2.45) is 5.41 Å². The summed E-state index contributed by atoms with van der Waals surface area (Å²) in [4.78, 5) is 0. The highest BCUT2D eigenvalue weighted by atomic mass is 28.4. The van der Waals surface area contributed by atoms with Gasteiger partial charge in [-0.05, 0) is 64.6 Å². The number of unbranched alkanes of at least 4 members (excludes halogenated alkanes) is 2. The van der Waals surface area contributed by atoms with Gasteiger partial charge in [-0.3, -0.25) is 0 Å². The lowest BCUT2D eigenvalue weighted by atomic mass is 9.75. The molecule has 5 heteroatoms. The van der Waals surface area contributed by atoms with Gasteiger partial charge in [-0.2, -0.15) is 0 Å². The number of ether oxygens (including phenoxy) is 2. The van der Waals surface area contributed by atoms with E-state index in [0.29, 0.717) is 15.6 Å². The Labute approximate surface area is 189 Å². The molecule has 0 fully saturated rings. The van der Waals surface area contributed by atoms with Crippen LogP contribution in [-0.2, 0) is 13.9 Å². The highest BCUT2D eigenvalue weighted by molar-refractivity contribution is 6.69. The van der Waals surface area contributed by atoms with Crippen LogP contribution in [0.4, 0.5) is 0 Å². The van der Waals surface area contributed by atoms with Gasteiger partial charge in [0.2, 0.25) is 0 Å². The van der Waals surface area contributed by atoms with Crippen molar-refractivity contribution in [3.8, 4) is 0 Å². The summed E-state index contributed by atoms with van der Waals surface area (Å²) in [6.45, 7) is 28.7. The summed E-state index contributed by atoms with van der Waals surface area (Å²) in [5, 5.41) is 0. The second kappa shape index (κ2) is 19.0. The summed E-state index contributed by atoms with van der Waals surface area (Å²) >= 11 is 0. The van der Waals surface area contributed by atoms with Crippen LogP contribution in [0.2, 0.25) is 32.7 Å². The van der Waals surface area contributed by atoms with E-state index in [1.807, 2.05) is 0 Å². The minimum atomic E-state index is -1.51. The van der Waals surface area contributed by atoms with E-state index in [2.05, 4.69) is 81.2 Å². The first-order chi connectivity index (χ1) is 13.2. The summed E-state index contributed by atoms with van der Waals surface area (Å²) in [5.74, 6) is 0. The van der Waals surface area contributed by atoms with Crippen molar-refractivity contribution in [3.05, 3.63) is 0 Å². The Hall–Kier alpha value is 0.314. The second-order valence-corrected chi connectivity index (χ2v) is 16.1. The normalized spacial score (nSPS) is 14.8. The zero-order valence-corrected chi connectivity index (χ0v) is 25.1. The molecular weight excluding hydrogens is 392 g/mol. The minimum absolute atomic E-state index is 0.0122. The van der Waals surface area contributed by atoms with Crippen molar-refractivity contribution in [1.29, 1.82) is 0 Å². The molecule has 0 radical (unpaired) electrons. The lowest BCUT2D eigenvalue weighted by Crippen LogP contribution is -2.49. The van der Waals surface area contributed by atoms with E-state index < -0.39 is 8.32 Å². The van der Waals surface area contributed by atoms with E-state index in [-0.39, 0.29) is 11.0 Å². The van der Waals surface area contributed by atoms with Gasteiger partial charge in [0.15, 0.2) is 8.32 Å². The van der Waals surface area contributed by atoms with Gasteiger partial charge in [0, 0.05) is 29.8 Å². The first kappa shape index (κ1) is 33.9. The quantitative estimate of drug-likeness (QED) is 0.230. The van der Waals surface area contributed by atoms with Crippen LogP contribution in [0, 0.1) is 5.41 Å². The lowest BCUT2D eigenvalue weighted by molar-refractivity contribution is -0.0330. The van der Waals surface area contributed by atoms with Gasteiger partial charge in [-0.15, -0.1) is 0 Å². The maximum Gasteiger partial charge on any atom is 0.184 e. The molecule has 0 N–H and O–H groups in total. The Kier molecular flexibility index (Phi) is 22.3. The van der Waals surface area contributed by atoms with Crippen LogP contribution in [0.5, 0.6) is 0 Å². The van der Waals surface area contributed by atoms with Crippen molar-refractivity contribution < 1.29 is 13.9 Å². The largest absolute Gasteiger partial charge is 0.412 e. The molecule has 2 unspecified atom stereocenters. The van der Waals surface area contributed by atoms with Crippen molar-refractivity contribution >= 4 is 17.8 Å². The molecule has 0 heterocycles. The Bertz CT molecular complexity index is 334. The topological polar surface area (TPSA) is 27.7 Å². The third kappa shape index (κ3) is 22.8. The number of hydrogen-bond donors (Lipinski definition) is 0. The van der Waals surface area contributed by atoms with Crippen molar-refractivity contribution in [2.75, 3.05) is 20.3 Å². The molecule has 0 aliphatic rings. The lowest BCUT2D eigenvalue weighted by Gasteiger charge is -2.46. The highest BCUT2D eigenvalue weighted by Crippen LogP contribution is 2.39. The molecule has 2 atom stereocenters. The Morgan fingerprint density at radius 1 is 0.897 bits per heavy atom. The molecule has 0 aliphatic heterocycles. The average molecular weight is 451 g/mol. The van der Waals surface area contributed by atoms with Gasteiger partial charge in [0.25, 0.3) is 0 Å². The molecule has 0 aliphatic carbocycles. The summed E-state index contributed by atoms with van der Waals surface area (Å²) in [7, 11) is 0.634. The van der Waals surface area contributed by atoms with Crippen LogP contribution in [-0.4, -0.2) is 49.9 Å². The first-order valence-electron chi connectivity index (χ1n) is 12.0. The molecule has 0 saturated carbocycles. The maximum absolute atomic E-state index is 6.54. The first-order valence-corrected chi connectivity index (χ1v) is 18.3. The molecular formula is C24H58O3Si2. The molecule has 0 aromatic heterocycles. The number of rotatable bonds is 12. The highest BCUT2D eigenvalue weighted by Gasteiger charge is 2.40. The molecule has 29 heavy (non-hydrogen) atoms. The van der Waals surface area contributed by atoms with Gasteiger partial charge in [0.1, 0.15) is 0 Å². The van der Waals surface area contributed by atoms with Crippen molar-refractivity contribution in [2.45, 2.75) is 131 Å². The molecule has 0 bridgehead atoms. The second-order valence-electron chi connectivity index (χ2n) is 10.3. The summed E-state index contributed by atoms with van der Waals surface area (Å²) in [6.07, 6.45) is 7.45. The van der Waals surface area contributed by atoms with E-state index >= 15 is 0 Å². The zero-order chi connectivity index (χ0) is 23.6. The fourth-order valence-electron chi connectivity index (χ4n) is 2.51. The van der Waals surface area contributed by atoms with Crippen LogP contribution in [0.15, 0.2) is 0 Å². The fourth-order valence-corrected chi connectivity index (χ4v) is 4.27. The van der Waals surface area contributed by atoms with Gasteiger partial charge < -0.3 is 13.9 Å². The SMILES string of the molecule is CCC(C)OC.CCCOCCCCCC(C)(O[Si](C)(C)C)C(C)(C)C.C[SiH2]C. The molecule has 0 spiro atoms. The van der Waals surface area contributed by atoms with Gasteiger partial charge in [-0.25, -0.2) is 0 Å². The van der Waals surface area contributed by atoms with E-state index in [1.165, 1.54) is 19.3 Å². The molecule has 0 aromatic rings. The van der Waals surface area contributed by atoms with Crippen LogP contribution < -0.4 is 0 Å². The van der Waals surface area contributed by atoms with Crippen LogP contribution in [0.3, 0.4) is 0 Å². The zero-order valence-electron chi connectivity index (χ0n) is 22.7. The van der Waals surface area contributed by atoms with E-state index in [0.717, 1.165) is 32.5 Å². The van der Waals surface area contributed by atoms with Crippen LogP contribution >= 0.6 is 0 Å². The molecule has 0 saturated heterocycles. The molecule has 3 nitrogen and oxygen atoms in total. The Morgan fingerprint density at radius 2 is 1.41 bits per heavy atom. The molecule has 0 aromatic carbocycles. The molecule has 0 amide bonds. The minimum Gasteiger partial charge on any atom is -0.412 e. The smallest absolute Gasteiger partial charge is 0.184 e. The van der Waals surface area contributed by atoms with Crippen molar-refractivity contribution in [3.63, 3.8) is 0 Å². The van der Waals surface area contributed by atoms with E-state index in [1.54, 1.807) is 7.11 Å². The average Bonchev–Trinajstić information content (AvgIpc) is 2.59. The van der Waals surface area contributed by atoms with Gasteiger partial charge >= 0.3 is 0 Å². The van der Waals surface area contributed by atoms with Gasteiger partial charge in [0.05, 0.1) is 11.7 Å². The third-order valence-corrected chi connectivity index (χ3v) is 5.95. The maximum atomic E-state index is 6.54. The summed E-state index contributed by atoms with van der Waals surface area (Å²) < 4.78 is 17.0. The standard InChI is InChI=1S/C17H38O2Si.C5H12O.C2H8Si/c1-9-14-18-15-12-10-11-13-17(5,16(2,3)4)19-20(6,7)8;1-4-5(2)6-3;1-3-2/h9-15H2,1-8H3;5H,4H2,1-3H3;3H2,1-2H3. The van der Waals surface area contributed by atoms with Gasteiger partial charge in [-0.1, -0.05) is 60.6 Å². The Balaban J connectivity index is -0.000000625. The van der Waals surface area contributed by atoms with Crippen molar-refractivity contribution in [1.82, 2.24) is 0 Å². The van der Waals surface area contributed by atoms with Crippen LogP contribution in [0.1, 0.15) is 87.0 Å². The molecule has 0 rings (SSSR count). The number of methoxy groups -OCH3 is 1. The van der Waals surface area contributed by atoms with E-state index in [4.69, 9.17) is 13.9 Å². The number of hydrogen-bond acceptors (Lipinski definition) is 3. The summed E-state index contributed by atoms with van der Waals surface area (Å²) in [6, 6.07) is 0. The monoisotopic (exact) mass is 450 g/mol. The third-order valence-electron chi connectivity index (χ3n) is 4.89. The molecule has 180 valence electrons.